The standard InChI is InChI=1S/C20H17N3O4/c1-3-27-20(25)21-14-6-4-5-13-15(14)19(24)16-17(22-23-18(13)16)11-7-9-12(26-2)10-8-11/h4-10H,3H2,1-2H3,(H,21,25)(H,22,23). The highest BCUT2D eigenvalue weighted by Crippen LogP contribution is 2.43. The summed E-state index contributed by atoms with van der Waals surface area (Å²) in [4.78, 5) is 25.0. The Hall–Kier alpha value is -3.61. The van der Waals surface area contributed by atoms with Crippen LogP contribution in [0.5, 0.6) is 5.75 Å². The summed E-state index contributed by atoms with van der Waals surface area (Å²) in [5.74, 6) is 0.536. The van der Waals surface area contributed by atoms with Gasteiger partial charge >= 0.3 is 6.09 Å². The molecule has 1 heterocycles. The molecule has 0 unspecified atom stereocenters. The molecule has 0 atom stereocenters. The van der Waals surface area contributed by atoms with Crippen molar-refractivity contribution in [3.05, 3.63) is 53.6 Å². The van der Waals surface area contributed by atoms with E-state index in [0.717, 1.165) is 11.3 Å². The highest BCUT2D eigenvalue weighted by molar-refractivity contribution is 6.26. The van der Waals surface area contributed by atoms with Crippen LogP contribution < -0.4 is 10.1 Å². The zero-order valence-corrected chi connectivity index (χ0v) is 14.8. The number of amides is 1. The van der Waals surface area contributed by atoms with Crippen LogP contribution in [0.15, 0.2) is 42.5 Å². The van der Waals surface area contributed by atoms with E-state index in [1.54, 1.807) is 26.2 Å². The number of H-pyrrole nitrogens is 1. The van der Waals surface area contributed by atoms with Crippen LogP contribution in [0.2, 0.25) is 0 Å². The molecule has 0 fully saturated rings. The zero-order chi connectivity index (χ0) is 19.0. The van der Waals surface area contributed by atoms with Crippen molar-refractivity contribution < 1.29 is 19.1 Å². The Bertz CT molecular complexity index is 1040. The van der Waals surface area contributed by atoms with Crippen LogP contribution in [-0.4, -0.2) is 35.8 Å². The first-order chi connectivity index (χ1) is 13.1. The molecule has 1 aromatic heterocycles. The number of anilines is 1. The van der Waals surface area contributed by atoms with Crippen molar-refractivity contribution in [1.82, 2.24) is 10.2 Å². The molecule has 4 rings (SSSR count). The summed E-state index contributed by atoms with van der Waals surface area (Å²) in [6.45, 7) is 1.97. The molecular formula is C20H17N3O4. The number of carbonyl (C=O) groups is 2. The minimum atomic E-state index is -0.595. The van der Waals surface area contributed by atoms with Gasteiger partial charge in [-0.15, -0.1) is 0 Å². The second kappa shape index (κ2) is 6.60. The maximum Gasteiger partial charge on any atom is 0.411 e. The van der Waals surface area contributed by atoms with Crippen LogP contribution in [0, 0.1) is 0 Å². The molecule has 0 bridgehead atoms. The Morgan fingerprint density at radius 2 is 1.93 bits per heavy atom. The van der Waals surface area contributed by atoms with Crippen molar-refractivity contribution >= 4 is 17.6 Å². The van der Waals surface area contributed by atoms with E-state index in [4.69, 9.17) is 9.47 Å². The fraction of sp³-hybridized carbons (Fsp3) is 0.150. The minimum Gasteiger partial charge on any atom is -0.497 e. The van der Waals surface area contributed by atoms with E-state index in [0.29, 0.717) is 33.8 Å². The maximum atomic E-state index is 13.1. The molecule has 0 saturated carbocycles. The number of nitrogens with one attached hydrogen (secondary N) is 2. The van der Waals surface area contributed by atoms with Gasteiger partial charge in [0.25, 0.3) is 0 Å². The summed E-state index contributed by atoms with van der Waals surface area (Å²) in [5, 5.41) is 9.93. The summed E-state index contributed by atoms with van der Waals surface area (Å²) >= 11 is 0. The highest BCUT2D eigenvalue weighted by atomic mass is 16.5. The number of ether oxygens (including phenoxy) is 2. The first kappa shape index (κ1) is 16.8. The van der Waals surface area contributed by atoms with Crippen molar-refractivity contribution in [1.29, 1.82) is 0 Å². The first-order valence-corrected chi connectivity index (χ1v) is 8.48. The third-order valence-electron chi connectivity index (χ3n) is 4.43. The first-order valence-electron chi connectivity index (χ1n) is 8.48. The van der Waals surface area contributed by atoms with E-state index < -0.39 is 6.09 Å². The molecule has 3 aromatic rings. The van der Waals surface area contributed by atoms with Crippen molar-refractivity contribution in [2.75, 3.05) is 19.0 Å². The molecule has 0 aliphatic heterocycles. The predicted molar refractivity (Wildman–Crippen MR) is 100 cm³/mol. The molecular weight excluding hydrogens is 346 g/mol. The van der Waals surface area contributed by atoms with Crippen LogP contribution in [0.1, 0.15) is 22.8 Å². The number of rotatable bonds is 4. The Kier molecular flexibility index (Phi) is 4.12. The third-order valence-corrected chi connectivity index (χ3v) is 4.43. The van der Waals surface area contributed by atoms with Gasteiger partial charge in [-0.3, -0.25) is 15.2 Å². The van der Waals surface area contributed by atoms with Gasteiger partial charge in [-0.25, -0.2) is 4.79 Å². The number of methoxy groups -OCH3 is 1. The van der Waals surface area contributed by atoms with E-state index in [9.17, 15) is 9.59 Å². The molecule has 2 aromatic carbocycles. The lowest BCUT2D eigenvalue weighted by Gasteiger charge is -2.09. The van der Waals surface area contributed by atoms with Crippen molar-refractivity contribution in [2.45, 2.75) is 6.92 Å². The van der Waals surface area contributed by atoms with E-state index in [1.165, 1.54) is 0 Å². The van der Waals surface area contributed by atoms with Crippen LogP contribution >= 0.6 is 0 Å². The van der Waals surface area contributed by atoms with Gasteiger partial charge in [0.05, 0.1) is 36.2 Å². The monoisotopic (exact) mass is 363 g/mol. The van der Waals surface area contributed by atoms with E-state index in [1.807, 2.05) is 30.3 Å². The van der Waals surface area contributed by atoms with E-state index in [-0.39, 0.29) is 12.4 Å². The predicted octanol–water partition coefficient (Wildman–Crippen LogP) is 3.87. The number of ketones is 1. The number of benzene rings is 2. The Labute approximate surface area is 155 Å². The zero-order valence-electron chi connectivity index (χ0n) is 14.8. The molecule has 7 nitrogen and oxygen atoms in total. The normalized spacial score (nSPS) is 11.7. The summed E-state index contributed by atoms with van der Waals surface area (Å²) in [6.07, 6.45) is -0.595. The number of nitrogens with zero attached hydrogens (tertiary/aromatic N) is 1. The number of hydrogen-bond acceptors (Lipinski definition) is 5. The van der Waals surface area contributed by atoms with Crippen molar-refractivity contribution in [3.63, 3.8) is 0 Å². The van der Waals surface area contributed by atoms with Crippen LogP contribution in [0.25, 0.3) is 22.5 Å². The lowest BCUT2D eigenvalue weighted by molar-refractivity contribution is 0.104. The van der Waals surface area contributed by atoms with Gasteiger partial charge in [-0.2, -0.15) is 5.10 Å². The maximum absolute atomic E-state index is 13.1. The van der Waals surface area contributed by atoms with Crippen molar-refractivity contribution in [3.8, 4) is 28.3 Å². The van der Waals surface area contributed by atoms with Gasteiger partial charge in [0, 0.05) is 11.1 Å². The molecule has 136 valence electrons. The van der Waals surface area contributed by atoms with Gasteiger partial charge in [0.1, 0.15) is 11.4 Å². The second-order valence-corrected chi connectivity index (χ2v) is 5.95. The summed E-state index contributed by atoms with van der Waals surface area (Å²) in [6, 6.07) is 12.6. The molecule has 1 aliphatic carbocycles. The second-order valence-electron chi connectivity index (χ2n) is 5.95. The third kappa shape index (κ3) is 2.73. The molecule has 7 heteroatoms. The topological polar surface area (TPSA) is 93.3 Å². The molecule has 0 saturated heterocycles. The lowest BCUT2D eigenvalue weighted by Crippen LogP contribution is -2.15. The minimum absolute atomic E-state index is 0.188. The average Bonchev–Trinajstić information content (AvgIpc) is 3.23. The summed E-state index contributed by atoms with van der Waals surface area (Å²) in [7, 11) is 1.60. The lowest BCUT2D eigenvalue weighted by atomic mass is 10.0. The molecule has 1 amide bonds. The number of aromatic nitrogens is 2. The van der Waals surface area contributed by atoms with Crippen LogP contribution in [0.4, 0.5) is 10.5 Å². The Balaban J connectivity index is 1.76. The van der Waals surface area contributed by atoms with E-state index in [2.05, 4.69) is 15.5 Å². The molecule has 2 N–H and O–H groups in total. The van der Waals surface area contributed by atoms with Gasteiger partial charge in [0.2, 0.25) is 0 Å². The van der Waals surface area contributed by atoms with Gasteiger partial charge in [-0.05, 0) is 37.3 Å². The highest BCUT2D eigenvalue weighted by Gasteiger charge is 2.35. The fourth-order valence-corrected chi connectivity index (χ4v) is 3.23. The van der Waals surface area contributed by atoms with E-state index >= 15 is 0 Å². The molecule has 0 radical (unpaired) electrons. The Morgan fingerprint density at radius 1 is 1.15 bits per heavy atom. The number of aromatic amines is 1. The number of hydrogen-bond donors (Lipinski definition) is 2. The smallest absolute Gasteiger partial charge is 0.411 e. The number of fused-ring (bicyclic) bond motifs is 3. The van der Waals surface area contributed by atoms with Crippen LogP contribution in [-0.2, 0) is 4.74 Å². The quantitative estimate of drug-likeness (QED) is 0.574. The SMILES string of the molecule is CCOC(=O)Nc1cccc2c1C(=O)c1c(-c3ccc(OC)cc3)n[nH]c1-2. The van der Waals surface area contributed by atoms with Gasteiger partial charge in [0.15, 0.2) is 5.78 Å². The largest absolute Gasteiger partial charge is 0.497 e. The van der Waals surface area contributed by atoms with Gasteiger partial charge in [-0.1, -0.05) is 12.1 Å². The summed E-state index contributed by atoms with van der Waals surface area (Å²) < 4.78 is 10.1. The average molecular weight is 363 g/mol. The van der Waals surface area contributed by atoms with Gasteiger partial charge < -0.3 is 9.47 Å². The van der Waals surface area contributed by atoms with Crippen molar-refractivity contribution in [2.24, 2.45) is 0 Å². The fourth-order valence-electron chi connectivity index (χ4n) is 3.23. The van der Waals surface area contributed by atoms with Crippen LogP contribution in [0.3, 0.4) is 0 Å². The summed E-state index contributed by atoms with van der Waals surface area (Å²) in [5.41, 5.74) is 4.06. The molecule has 1 aliphatic rings. The Morgan fingerprint density at radius 3 is 2.63 bits per heavy atom. The molecule has 27 heavy (non-hydrogen) atoms. The number of carbonyl (C=O) groups excluding carboxylic acids is 2. The molecule has 0 spiro atoms.